The predicted molar refractivity (Wildman–Crippen MR) is 82.1 cm³/mol. The van der Waals surface area contributed by atoms with Gasteiger partial charge in [0.1, 0.15) is 11.6 Å². The third-order valence-electron chi connectivity index (χ3n) is 2.97. The van der Waals surface area contributed by atoms with Gasteiger partial charge in [-0.05, 0) is 44.0 Å². The van der Waals surface area contributed by atoms with Gasteiger partial charge < -0.3 is 4.74 Å². The van der Waals surface area contributed by atoms with Crippen molar-refractivity contribution in [3.8, 4) is 5.75 Å². The molecule has 0 aliphatic rings. The molecule has 0 saturated heterocycles. The van der Waals surface area contributed by atoms with Crippen LogP contribution in [0.4, 0.5) is 5.82 Å². The number of anilines is 1. The molecule has 21 heavy (non-hydrogen) atoms. The molecule has 0 fully saturated rings. The zero-order valence-corrected chi connectivity index (χ0v) is 13.1. The predicted octanol–water partition coefficient (Wildman–Crippen LogP) is 2.90. The Bertz CT molecular complexity index is 728. The van der Waals surface area contributed by atoms with Crippen molar-refractivity contribution in [2.24, 2.45) is 0 Å². The van der Waals surface area contributed by atoms with E-state index in [0.29, 0.717) is 17.9 Å². The number of pyridine rings is 1. The highest BCUT2D eigenvalue weighted by molar-refractivity contribution is 7.92. The zero-order chi connectivity index (χ0) is 15.5. The molecule has 0 aliphatic heterocycles. The Morgan fingerprint density at radius 2 is 1.95 bits per heavy atom. The molecule has 1 aromatic carbocycles. The first-order chi connectivity index (χ1) is 9.94. The summed E-state index contributed by atoms with van der Waals surface area (Å²) in [6.45, 7) is 5.99. The number of hydrogen-bond acceptors (Lipinski definition) is 4. The lowest BCUT2D eigenvalue weighted by Crippen LogP contribution is -2.15. The molecule has 112 valence electrons. The first kappa shape index (κ1) is 15.3. The second-order valence-electron chi connectivity index (χ2n) is 4.64. The minimum atomic E-state index is -3.69. The quantitative estimate of drug-likeness (QED) is 0.922. The highest BCUT2D eigenvalue weighted by Gasteiger charge is 2.19. The summed E-state index contributed by atoms with van der Waals surface area (Å²) >= 11 is 0. The molecule has 0 atom stereocenters. The molecule has 5 nitrogen and oxygen atoms in total. The van der Waals surface area contributed by atoms with E-state index in [1.165, 1.54) is 6.20 Å². The first-order valence-electron chi connectivity index (χ1n) is 6.62. The van der Waals surface area contributed by atoms with Crippen molar-refractivity contribution in [1.29, 1.82) is 0 Å². The van der Waals surface area contributed by atoms with Gasteiger partial charge in [0.25, 0.3) is 10.0 Å². The number of hydrogen-bond donors (Lipinski definition) is 1. The molecule has 1 N–H and O–H groups in total. The minimum Gasteiger partial charge on any atom is -0.494 e. The normalized spacial score (nSPS) is 11.2. The van der Waals surface area contributed by atoms with Crippen LogP contribution in [0.15, 0.2) is 41.4 Å². The molecule has 0 unspecified atom stereocenters. The summed E-state index contributed by atoms with van der Waals surface area (Å²) in [7, 11) is -3.69. The SMILES string of the molecule is CCOc1cc(S(=O)(=O)Nc2ccccn2)c(C)cc1C. The summed E-state index contributed by atoms with van der Waals surface area (Å²) in [6.07, 6.45) is 1.53. The van der Waals surface area contributed by atoms with E-state index in [9.17, 15) is 8.42 Å². The van der Waals surface area contributed by atoms with Crippen LogP contribution in [-0.4, -0.2) is 20.0 Å². The molecular formula is C15H18N2O3S. The smallest absolute Gasteiger partial charge is 0.263 e. The molecule has 0 spiro atoms. The largest absolute Gasteiger partial charge is 0.494 e. The molecule has 0 saturated carbocycles. The lowest BCUT2D eigenvalue weighted by molar-refractivity contribution is 0.337. The third kappa shape index (κ3) is 3.52. The molecule has 0 amide bonds. The average molecular weight is 306 g/mol. The van der Waals surface area contributed by atoms with Gasteiger partial charge in [-0.1, -0.05) is 12.1 Å². The molecule has 1 heterocycles. The Labute approximate surface area is 125 Å². The van der Waals surface area contributed by atoms with Crippen LogP contribution < -0.4 is 9.46 Å². The van der Waals surface area contributed by atoms with Gasteiger partial charge in [-0.25, -0.2) is 13.4 Å². The summed E-state index contributed by atoms with van der Waals surface area (Å²) in [5, 5.41) is 0. The fourth-order valence-electron chi connectivity index (χ4n) is 2.03. The fraction of sp³-hybridized carbons (Fsp3) is 0.267. The topological polar surface area (TPSA) is 68.3 Å². The van der Waals surface area contributed by atoms with Gasteiger partial charge >= 0.3 is 0 Å². The maximum atomic E-state index is 12.5. The second-order valence-corrected chi connectivity index (χ2v) is 6.29. The molecule has 0 aliphatic carbocycles. The van der Waals surface area contributed by atoms with E-state index >= 15 is 0 Å². The number of aromatic nitrogens is 1. The number of rotatable bonds is 5. The van der Waals surface area contributed by atoms with Gasteiger partial charge in [-0.2, -0.15) is 0 Å². The number of nitrogens with one attached hydrogen (secondary N) is 1. The molecule has 0 bridgehead atoms. The van der Waals surface area contributed by atoms with Crippen molar-refractivity contribution in [2.75, 3.05) is 11.3 Å². The van der Waals surface area contributed by atoms with E-state index in [-0.39, 0.29) is 10.7 Å². The van der Waals surface area contributed by atoms with Crippen molar-refractivity contribution >= 4 is 15.8 Å². The van der Waals surface area contributed by atoms with Gasteiger partial charge in [0, 0.05) is 12.3 Å². The first-order valence-corrected chi connectivity index (χ1v) is 8.10. The van der Waals surface area contributed by atoms with E-state index in [0.717, 1.165) is 5.56 Å². The van der Waals surface area contributed by atoms with Crippen LogP contribution in [0.25, 0.3) is 0 Å². The van der Waals surface area contributed by atoms with E-state index < -0.39 is 10.0 Å². The van der Waals surface area contributed by atoms with E-state index in [4.69, 9.17) is 4.74 Å². The fourth-order valence-corrected chi connectivity index (χ4v) is 3.28. The van der Waals surface area contributed by atoms with Crippen molar-refractivity contribution < 1.29 is 13.2 Å². The number of aryl methyl sites for hydroxylation is 2. The Balaban J connectivity index is 2.42. The Kier molecular flexibility index (Phi) is 4.47. The highest BCUT2D eigenvalue weighted by atomic mass is 32.2. The van der Waals surface area contributed by atoms with Crippen LogP contribution in [0.5, 0.6) is 5.75 Å². The van der Waals surface area contributed by atoms with Crippen molar-refractivity contribution in [1.82, 2.24) is 4.98 Å². The van der Waals surface area contributed by atoms with Gasteiger partial charge in [0.2, 0.25) is 0 Å². The van der Waals surface area contributed by atoms with Crippen LogP contribution in [0.3, 0.4) is 0 Å². The summed E-state index contributed by atoms with van der Waals surface area (Å²) in [6, 6.07) is 8.41. The lowest BCUT2D eigenvalue weighted by Gasteiger charge is -2.14. The summed E-state index contributed by atoms with van der Waals surface area (Å²) in [4.78, 5) is 4.17. The molecule has 0 radical (unpaired) electrons. The Hall–Kier alpha value is -2.08. The van der Waals surface area contributed by atoms with E-state index in [2.05, 4.69) is 9.71 Å². The number of nitrogens with zero attached hydrogens (tertiary/aromatic N) is 1. The van der Waals surface area contributed by atoms with E-state index in [1.54, 1.807) is 37.3 Å². The molecular weight excluding hydrogens is 288 g/mol. The van der Waals surface area contributed by atoms with Crippen LogP contribution in [-0.2, 0) is 10.0 Å². The van der Waals surface area contributed by atoms with Crippen LogP contribution in [0.1, 0.15) is 18.1 Å². The average Bonchev–Trinajstić information content (AvgIpc) is 2.42. The monoisotopic (exact) mass is 306 g/mol. The summed E-state index contributed by atoms with van der Waals surface area (Å²) in [5.74, 6) is 0.861. The lowest BCUT2D eigenvalue weighted by atomic mass is 10.1. The standard InChI is InChI=1S/C15H18N2O3S/c1-4-20-13-10-14(12(3)9-11(13)2)21(18,19)17-15-7-5-6-8-16-15/h5-10H,4H2,1-3H3,(H,16,17). The van der Waals surface area contributed by atoms with Gasteiger partial charge in [0.05, 0.1) is 11.5 Å². The Morgan fingerprint density at radius 1 is 1.19 bits per heavy atom. The van der Waals surface area contributed by atoms with Crippen LogP contribution in [0.2, 0.25) is 0 Å². The minimum absolute atomic E-state index is 0.196. The highest BCUT2D eigenvalue weighted by Crippen LogP contribution is 2.27. The second kappa shape index (κ2) is 6.13. The maximum absolute atomic E-state index is 12.5. The Morgan fingerprint density at radius 3 is 2.57 bits per heavy atom. The molecule has 1 aromatic heterocycles. The zero-order valence-electron chi connectivity index (χ0n) is 12.3. The van der Waals surface area contributed by atoms with E-state index in [1.807, 2.05) is 13.8 Å². The number of sulfonamides is 1. The summed E-state index contributed by atoms with van der Waals surface area (Å²) in [5.41, 5.74) is 1.57. The summed E-state index contributed by atoms with van der Waals surface area (Å²) < 4.78 is 32.9. The third-order valence-corrected chi connectivity index (χ3v) is 4.46. The van der Waals surface area contributed by atoms with Crippen LogP contribution >= 0.6 is 0 Å². The number of ether oxygens (including phenoxy) is 1. The van der Waals surface area contributed by atoms with Gasteiger partial charge in [-0.3, -0.25) is 4.72 Å². The molecule has 2 aromatic rings. The van der Waals surface area contributed by atoms with Gasteiger partial charge in [-0.15, -0.1) is 0 Å². The van der Waals surface area contributed by atoms with Crippen molar-refractivity contribution in [3.63, 3.8) is 0 Å². The van der Waals surface area contributed by atoms with Crippen molar-refractivity contribution in [3.05, 3.63) is 47.7 Å². The van der Waals surface area contributed by atoms with Crippen LogP contribution in [0, 0.1) is 13.8 Å². The molecule has 2 rings (SSSR count). The van der Waals surface area contributed by atoms with Gasteiger partial charge in [0.15, 0.2) is 0 Å². The van der Waals surface area contributed by atoms with Crippen molar-refractivity contribution in [2.45, 2.75) is 25.7 Å². The maximum Gasteiger partial charge on any atom is 0.263 e. The molecule has 6 heteroatoms. The number of benzene rings is 1.